The van der Waals surface area contributed by atoms with Gasteiger partial charge in [0.05, 0.1) is 23.6 Å². The molecule has 2 fully saturated rings. The number of carbonyl (C=O) groups excluding carboxylic acids is 1. The van der Waals surface area contributed by atoms with Crippen molar-refractivity contribution in [2.24, 2.45) is 0 Å². The number of benzene rings is 1. The Morgan fingerprint density at radius 1 is 1.00 bits per heavy atom. The van der Waals surface area contributed by atoms with Gasteiger partial charge in [-0.2, -0.15) is 4.31 Å². The second-order valence-electron chi connectivity index (χ2n) is 8.46. The minimum Gasteiger partial charge on any atom is -0.373 e. The van der Waals surface area contributed by atoms with Crippen LogP contribution in [0.3, 0.4) is 0 Å². The zero-order valence-electron chi connectivity index (χ0n) is 18.1. The van der Waals surface area contributed by atoms with E-state index in [0.717, 1.165) is 29.8 Å². The molecule has 3 rings (SSSR count). The van der Waals surface area contributed by atoms with Crippen LogP contribution in [0.25, 0.3) is 0 Å². The fourth-order valence-corrected chi connectivity index (χ4v) is 6.42. The maximum Gasteiger partial charge on any atom is 0.243 e. The summed E-state index contributed by atoms with van der Waals surface area (Å²) >= 11 is 0. The number of nitrogens with zero attached hydrogens (tertiary/aromatic N) is 3. The number of piperazine rings is 1. The number of aryl methyl sites for hydroxylation is 3. The van der Waals surface area contributed by atoms with Gasteiger partial charge in [0, 0.05) is 39.3 Å². The van der Waals surface area contributed by atoms with Crippen molar-refractivity contribution < 1.29 is 17.9 Å². The molecule has 0 unspecified atom stereocenters. The number of hydrogen-bond acceptors (Lipinski definition) is 5. The van der Waals surface area contributed by atoms with Crippen LogP contribution in [-0.4, -0.2) is 86.5 Å². The SMILES string of the molecule is Cc1cc(C)c(S(=O)(=O)N2CCN(C(=O)CN3C[C@H](C)O[C@@H](C)C3)CC2)c(C)c1. The third kappa shape index (κ3) is 4.99. The van der Waals surface area contributed by atoms with Crippen molar-refractivity contribution in [3.05, 3.63) is 28.8 Å². The zero-order valence-corrected chi connectivity index (χ0v) is 19.0. The lowest BCUT2D eigenvalue weighted by atomic mass is 10.1. The van der Waals surface area contributed by atoms with Crippen molar-refractivity contribution in [1.82, 2.24) is 14.1 Å². The Hall–Kier alpha value is -1.48. The highest BCUT2D eigenvalue weighted by molar-refractivity contribution is 7.89. The van der Waals surface area contributed by atoms with Crippen LogP contribution < -0.4 is 0 Å². The number of rotatable bonds is 4. The van der Waals surface area contributed by atoms with E-state index in [0.29, 0.717) is 37.6 Å². The first kappa shape index (κ1) is 22.2. The molecule has 1 aromatic carbocycles. The monoisotopic (exact) mass is 423 g/mol. The van der Waals surface area contributed by atoms with Crippen molar-refractivity contribution in [2.75, 3.05) is 45.8 Å². The summed E-state index contributed by atoms with van der Waals surface area (Å²) in [4.78, 5) is 17.0. The van der Waals surface area contributed by atoms with Gasteiger partial charge in [-0.15, -0.1) is 0 Å². The molecule has 2 aliphatic heterocycles. The summed E-state index contributed by atoms with van der Waals surface area (Å²) in [6.07, 6.45) is 0.240. The number of amides is 1. The first-order valence-corrected chi connectivity index (χ1v) is 11.8. The van der Waals surface area contributed by atoms with Gasteiger partial charge in [-0.05, 0) is 45.7 Å². The standard InChI is InChI=1S/C21H33N3O4S/c1-15-10-16(2)21(17(3)11-15)29(26,27)24-8-6-23(7-9-24)20(25)14-22-12-18(4)28-19(5)13-22/h10-11,18-19H,6-9,12-14H2,1-5H3/t18-,19-/m0/s1. The van der Waals surface area contributed by atoms with Crippen molar-refractivity contribution in [2.45, 2.75) is 51.7 Å². The van der Waals surface area contributed by atoms with Gasteiger partial charge in [-0.3, -0.25) is 9.69 Å². The summed E-state index contributed by atoms with van der Waals surface area (Å²) in [5.74, 6) is 0.0612. The lowest BCUT2D eigenvalue weighted by molar-refractivity contribution is -0.137. The third-order valence-corrected chi connectivity index (χ3v) is 7.85. The Bertz CT molecular complexity index is 830. The van der Waals surface area contributed by atoms with E-state index in [2.05, 4.69) is 4.90 Å². The molecular weight excluding hydrogens is 390 g/mol. The molecule has 2 saturated heterocycles. The maximum atomic E-state index is 13.2. The van der Waals surface area contributed by atoms with Crippen molar-refractivity contribution in [3.63, 3.8) is 0 Å². The number of hydrogen-bond donors (Lipinski definition) is 0. The summed E-state index contributed by atoms with van der Waals surface area (Å²) in [6.45, 7) is 13.1. The van der Waals surface area contributed by atoms with E-state index in [-0.39, 0.29) is 18.1 Å². The molecule has 0 aliphatic carbocycles. The molecule has 0 aromatic heterocycles. The molecule has 162 valence electrons. The number of ether oxygens (including phenoxy) is 1. The molecule has 2 atom stereocenters. The molecule has 0 saturated carbocycles. The summed E-state index contributed by atoms with van der Waals surface area (Å²) < 4.78 is 33.7. The van der Waals surface area contributed by atoms with E-state index >= 15 is 0 Å². The van der Waals surface area contributed by atoms with Gasteiger partial charge in [0.1, 0.15) is 0 Å². The maximum absolute atomic E-state index is 13.2. The van der Waals surface area contributed by atoms with E-state index in [1.807, 2.05) is 46.8 Å². The van der Waals surface area contributed by atoms with Gasteiger partial charge < -0.3 is 9.64 Å². The predicted molar refractivity (Wildman–Crippen MR) is 112 cm³/mol. The molecule has 2 heterocycles. The van der Waals surface area contributed by atoms with E-state index in [9.17, 15) is 13.2 Å². The summed E-state index contributed by atoms with van der Waals surface area (Å²) in [5, 5.41) is 0. The Morgan fingerprint density at radius 2 is 1.52 bits per heavy atom. The van der Waals surface area contributed by atoms with Crippen molar-refractivity contribution >= 4 is 15.9 Å². The van der Waals surface area contributed by atoms with Crippen LogP contribution in [0.1, 0.15) is 30.5 Å². The van der Waals surface area contributed by atoms with Crippen LogP contribution >= 0.6 is 0 Å². The van der Waals surface area contributed by atoms with Crippen LogP contribution in [0.5, 0.6) is 0 Å². The van der Waals surface area contributed by atoms with Crippen LogP contribution in [0.2, 0.25) is 0 Å². The highest BCUT2D eigenvalue weighted by atomic mass is 32.2. The lowest BCUT2D eigenvalue weighted by Crippen LogP contribution is -2.54. The molecular formula is C21H33N3O4S. The van der Waals surface area contributed by atoms with E-state index in [4.69, 9.17) is 4.74 Å². The molecule has 0 spiro atoms. The predicted octanol–water partition coefficient (Wildman–Crippen LogP) is 1.55. The first-order chi connectivity index (χ1) is 13.6. The normalized spacial score (nSPS) is 24.7. The molecule has 2 aliphatic rings. The van der Waals surface area contributed by atoms with Gasteiger partial charge in [0.25, 0.3) is 0 Å². The summed E-state index contributed by atoms with van der Waals surface area (Å²) in [7, 11) is -3.56. The van der Waals surface area contributed by atoms with Crippen molar-refractivity contribution in [3.8, 4) is 0 Å². The smallest absolute Gasteiger partial charge is 0.243 e. The first-order valence-electron chi connectivity index (χ1n) is 10.3. The van der Waals surface area contributed by atoms with Crippen LogP contribution in [0, 0.1) is 20.8 Å². The van der Waals surface area contributed by atoms with E-state index in [1.165, 1.54) is 4.31 Å². The fraction of sp³-hybridized carbons (Fsp3) is 0.667. The topological polar surface area (TPSA) is 70.2 Å². The van der Waals surface area contributed by atoms with Gasteiger partial charge >= 0.3 is 0 Å². The van der Waals surface area contributed by atoms with Crippen molar-refractivity contribution in [1.29, 1.82) is 0 Å². The lowest BCUT2D eigenvalue weighted by Gasteiger charge is -2.38. The van der Waals surface area contributed by atoms with E-state index < -0.39 is 10.0 Å². The van der Waals surface area contributed by atoms with Gasteiger partial charge in [-0.1, -0.05) is 17.7 Å². The Labute approximate surface area is 174 Å². The highest BCUT2D eigenvalue weighted by Crippen LogP contribution is 2.26. The molecule has 8 heteroatoms. The minimum absolute atomic E-state index is 0.0612. The average Bonchev–Trinajstić information content (AvgIpc) is 2.59. The van der Waals surface area contributed by atoms with E-state index in [1.54, 1.807) is 4.90 Å². The molecule has 1 amide bonds. The summed E-state index contributed by atoms with van der Waals surface area (Å²) in [5.41, 5.74) is 2.61. The van der Waals surface area contributed by atoms with Crippen LogP contribution in [-0.2, 0) is 19.6 Å². The fourth-order valence-electron chi connectivity index (χ4n) is 4.59. The average molecular weight is 424 g/mol. The Balaban J connectivity index is 1.62. The third-order valence-electron chi connectivity index (χ3n) is 5.65. The number of carbonyl (C=O) groups is 1. The molecule has 7 nitrogen and oxygen atoms in total. The molecule has 1 aromatic rings. The van der Waals surface area contributed by atoms with Gasteiger partial charge in [0.15, 0.2) is 0 Å². The quantitative estimate of drug-likeness (QED) is 0.735. The molecule has 0 radical (unpaired) electrons. The van der Waals surface area contributed by atoms with Gasteiger partial charge in [0.2, 0.25) is 15.9 Å². The second-order valence-corrected chi connectivity index (χ2v) is 10.3. The Kier molecular flexibility index (Phi) is 6.67. The highest BCUT2D eigenvalue weighted by Gasteiger charge is 2.33. The van der Waals surface area contributed by atoms with Crippen LogP contribution in [0.15, 0.2) is 17.0 Å². The zero-order chi connectivity index (χ0) is 21.3. The number of sulfonamides is 1. The molecule has 29 heavy (non-hydrogen) atoms. The second kappa shape index (κ2) is 8.71. The Morgan fingerprint density at radius 3 is 2.03 bits per heavy atom. The summed E-state index contributed by atoms with van der Waals surface area (Å²) in [6, 6.07) is 3.81. The largest absolute Gasteiger partial charge is 0.373 e. The number of morpholine rings is 1. The van der Waals surface area contributed by atoms with Crippen LogP contribution in [0.4, 0.5) is 0 Å². The minimum atomic E-state index is -3.56. The van der Waals surface area contributed by atoms with Gasteiger partial charge in [-0.25, -0.2) is 8.42 Å². The molecule has 0 N–H and O–H groups in total. The molecule has 0 bridgehead atoms.